The Kier molecular flexibility index (Phi) is 8.46. The molecule has 4 atom stereocenters. The van der Waals surface area contributed by atoms with Gasteiger partial charge in [-0.2, -0.15) is 5.06 Å². The zero-order valence-electron chi connectivity index (χ0n) is 25.8. The monoisotopic (exact) mass is 627 g/mol. The number of hydrogen-bond acceptors (Lipinski definition) is 12. The summed E-state index contributed by atoms with van der Waals surface area (Å²) in [5.41, 5.74) is 2.24. The van der Waals surface area contributed by atoms with Crippen molar-refractivity contribution >= 4 is 40.5 Å². The number of nitrogens with zero attached hydrogens (tertiary/aromatic N) is 3. The van der Waals surface area contributed by atoms with Crippen molar-refractivity contribution < 1.29 is 44.8 Å². The van der Waals surface area contributed by atoms with E-state index in [-0.39, 0.29) is 42.3 Å². The lowest BCUT2D eigenvalue weighted by Crippen LogP contribution is -2.65. The largest absolute Gasteiger partial charge is 0.508 e. The highest BCUT2D eigenvalue weighted by Gasteiger charge is 2.64. The predicted octanol–water partition coefficient (Wildman–Crippen LogP) is 0.992. The molecule has 0 aromatic heterocycles. The van der Waals surface area contributed by atoms with E-state index in [0.29, 0.717) is 11.3 Å². The van der Waals surface area contributed by atoms with Crippen LogP contribution in [0.1, 0.15) is 49.7 Å². The van der Waals surface area contributed by atoms with E-state index in [4.69, 9.17) is 5.73 Å². The van der Waals surface area contributed by atoms with Gasteiger partial charge in [0.15, 0.2) is 11.4 Å². The van der Waals surface area contributed by atoms with Gasteiger partial charge in [-0.1, -0.05) is 19.3 Å². The third-order valence-corrected chi connectivity index (χ3v) is 9.75. The maximum atomic E-state index is 14.1. The molecule has 5 rings (SSSR count). The van der Waals surface area contributed by atoms with Gasteiger partial charge in [-0.3, -0.25) is 24.1 Å². The molecular weight excluding hydrogens is 586 g/mol. The normalized spacial score (nSPS) is 27.0. The number of amides is 2. The molecule has 0 heterocycles. The average Bonchev–Trinajstić information content (AvgIpc) is 2.96. The number of anilines is 2. The Morgan fingerprint density at radius 3 is 2.29 bits per heavy atom. The number of carbonyl (C=O) groups excluding carboxylic acids is 4. The molecule has 2 fully saturated rings. The average molecular weight is 628 g/mol. The molecule has 0 radical (unpaired) electrons. The second kappa shape index (κ2) is 11.7. The van der Waals surface area contributed by atoms with Crippen LogP contribution < -0.4 is 16.0 Å². The number of aliphatic hydroxyl groups excluding tert-OH is 2. The van der Waals surface area contributed by atoms with Crippen molar-refractivity contribution in [3.8, 4) is 5.75 Å². The summed E-state index contributed by atoms with van der Waals surface area (Å²) < 4.78 is 0. The van der Waals surface area contributed by atoms with E-state index < -0.39 is 69.7 Å². The van der Waals surface area contributed by atoms with Crippen LogP contribution >= 0.6 is 0 Å². The first-order valence-electron chi connectivity index (χ1n) is 15.1. The number of aliphatic hydroxyl groups is 3. The Morgan fingerprint density at radius 1 is 1.07 bits per heavy atom. The molecule has 0 saturated heterocycles. The molecule has 0 spiro atoms. The number of aromatic hydroxyl groups is 1. The van der Waals surface area contributed by atoms with E-state index in [0.717, 1.165) is 37.2 Å². The molecule has 244 valence electrons. The number of phenols is 1. The number of benzene rings is 1. The number of fused-ring (bicyclic) bond motifs is 3. The third kappa shape index (κ3) is 5.15. The summed E-state index contributed by atoms with van der Waals surface area (Å²) >= 11 is 0. The van der Waals surface area contributed by atoms with Crippen molar-refractivity contribution in [2.24, 2.45) is 17.6 Å². The molecule has 4 aliphatic carbocycles. The SMILES string of the molecule is CN(C)c1cc(NC(=O)CN(O)C2CCCCC2)c(O)c2c1CC1CC3[C@H](N(C)C)C(=O)C(C(N)=O)=C(O)[C@@]3(O)C(=O)C1=C2O. The molecule has 2 unspecified atom stereocenters. The second-order valence-electron chi connectivity index (χ2n) is 12.9. The Bertz CT molecular complexity index is 1530. The van der Waals surface area contributed by atoms with Gasteiger partial charge in [0.2, 0.25) is 11.7 Å². The summed E-state index contributed by atoms with van der Waals surface area (Å²) in [6.07, 6.45) is 4.57. The van der Waals surface area contributed by atoms with Gasteiger partial charge in [0.05, 0.1) is 17.3 Å². The number of rotatable bonds is 7. The number of hydroxylamine groups is 2. The van der Waals surface area contributed by atoms with Gasteiger partial charge in [-0.05, 0) is 57.3 Å². The van der Waals surface area contributed by atoms with E-state index in [1.807, 2.05) is 0 Å². The number of phenolic OH excluding ortho intramolecular Hbond substituents is 1. The Morgan fingerprint density at radius 2 is 1.71 bits per heavy atom. The highest BCUT2D eigenvalue weighted by molar-refractivity contribution is 6.24. The topological polar surface area (TPSA) is 217 Å². The fourth-order valence-corrected chi connectivity index (χ4v) is 7.63. The minimum absolute atomic E-state index is 0.0363. The lowest BCUT2D eigenvalue weighted by Gasteiger charge is -2.50. The third-order valence-electron chi connectivity index (χ3n) is 9.75. The molecule has 2 amide bonds. The van der Waals surface area contributed by atoms with E-state index in [1.54, 1.807) is 19.0 Å². The first-order valence-corrected chi connectivity index (χ1v) is 15.1. The lowest BCUT2D eigenvalue weighted by molar-refractivity contribution is -0.154. The van der Waals surface area contributed by atoms with E-state index >= 15 is 0 Å². The first-order chi connectivity index (χ1) is 21.1. The summed E-state index contributed by atoms with van der Waals surface area (Å²) in [5.74, 6) is -8.12. The second-order valence-corrected chi connectivity index (χ2v) is 12.9. The number of primary amides is 1. The molecule has 45 heavy (non-hydrogen) atoms. The maximum absolute atomic E-state index is 14.1. The van der Waals surface area contributed by atoms with E-state index in [9.17, 15) is 44.8 Å². The van der Waals surface area contributed by atoms with E-state index in [1.165, 1.54) is 25.1 Å². The molecule has 0 bridgehead atoms. The standard InChI is InChI=1S/C31H41N5O9/c1-34(2)19-12-18(33-20(37)13-36(45)15-8-6-5-7-9-15)25(38)22-16(19)10-14-11-17-24(35(3)4)27(40)23(30(32)43)29(42)31(17,44)28(41)21(14)26(22)39/h12,14-15,17,24,38-39,42,44-45H,5-11,13H2,1-4H3,(H2,32,43)(H,33,37)/t14?,17?,24-,31-/m0/s1. The molecule has 2 saturated carbocycles. The molecule has 1 aromatic rings. The van der Waals surface area contributed by atoms with Gasteiger partial charge < -0.3 is 41.6 Å². The minimum atomic E-state index is -2.75. The van der Waals surface area contributed by atoms with Gasteiger partial charge in [-0.25, -0.2) is 0 Å². The van der Waals surface area contributed by atoms with Crippen molar-refractivity contribution in [1.29, 1.82) is 0 Å². The molecule has 1 aromatic carbocycles. The van der Waals surface area contributed by atoms with Crippen LogP contribution in [0, 0.1) is 11.8 Å². The van der Waals surface area contributed by atoms with Crippen LogP contribution in [0.4, 0.5) is 11.4 Å². The van der Waals surface area contributed by atoms with Crippen LogP contribution in [0.2, 0.25) is 0 Å². The number of nitrogens with one attached hydrogen (secondary N) is 1. The lowest BCUT2D eigenvalue weighted by atomic mass is 9.57. The van der Waals surface area contributed by atoms with Gasteiger partial charge >= 0.3 is 0 Å². The fraction of sp³-hybridized carbons (Fsp3) is 0.548. The minimum Gasteiger partial charge on any atom is -0.508 e. The zero-order valence-corrected chi connectivity index (χ0v) is 25.8. The highest BCUT2D eigenvalue weighted by Crippen LogP contribution is 2.54. The van der Waals surface area contributed by atoms with Crippen LogP contribution in [0.5, 0.6) is 5.75 Å². The first kappa shape index (κ1) is 32.4. The Balaban J connectivity index is 1.58. The quantitative estimate of drug-likeness (QED) is 0.128. The van der Waals surface area contributed by atoms with Crippen LogP contribution in [0.3, 0.4) is 0 Å². The number of hydrogen-bond donors (Lipinski definition) is 7. The van der Waals surface area contributed by atoms with Crippen molar-refractivity contribution in [2.45, 2.75) is 62.6 Å². The Hall–Kier alpha value is -3.98. The molecule has 4 aliphatic rings. The smallest absolute Gasteiger partial charge is 0.255 e. The summed E-state index contributed by atoms with van der Waals surface area (Å²) in [7, 11) is 6.54. The Labute approximate surface area is 260 Å². The van der Waals surface area contributed by atoms with Crippen molar-refractivity contribution in [2.75, 3.05) is 45.0 Å². The van der Waals surface area contributed by atoms with Crippen LogP contribution in [0.15, 0.2) is 23.0 Å². The zero-order chi connectivity index (χ0) is 33.1. The van der Waals surface area contributed by atoms with Crippen LogP contribution in [0.25, 0.3) is 5.76 Å². The highest BCUT2D eigenvalue weighted by atomic mass is 16.5. The molecular formula is C31H41N5O9. The number of nitrogens with two attached hydrogens (primary N) is 1. The van der Waals surface area contributed by atoms with Crippen molar-refractivity contribution in [1.82, 2.24) is 9.96 Å². The van der Waals surface area contributed by atoms with Gasteiger partial charge in [-0.15, -0.1) is 0 Å². The number of carbonyl (C=O) groups is 4. The van der Waals surface area contributed by atoms with Crippen LogP contribution in [-0.2, 0) is 25.6 Å². The van der Waals surface area contributed by atoms with Gasteiger partial charge in [0.1, 0.15) is 29.4 Å². The molecule has 0 aliphatic heterocycles. The molecule has 14 heteroatoms. The van der Waals surface area contributed by atoms with Crippen LogP contribution in [-0.4, -0.2) is 111 Å². The summed E-state index contributed by atoms with van der Waals surface area (Å²) in [4.78, 5) is 55.7. The maximum Gasteiger partial charge on any atom is 0.255 e. The molecule has 14 nitrogen and oxygen atoms in total. The number of Topliss-reactive ketones (excluding diaryl/α,β-unsaturated/α-hetero) is 2. The van der Waals surface area contributed by atoms with Crippen molar-refractivity contribution in [3.05, 3.63) is 34.1 Å². The number of likely N-dealkylation sites (N-methyl/N-ethyl adjacent to an activating group) is 1. The summed E-state index contributed by atoms with van der Waals surface area (Å²) in [5, 5.41) is 60.0. The van der Waals surface area contributed by atoms with Gasteiger partial charge in [0, 0.05) is 37.3 Å². The number of ketones is 2. The summed E-state index contributed by atoms with van der Waals surface area (Å²) in [6, 6.07) is 0.203. The predicted molar refractivity (Wildman–Crippen MR) is 163 cm³/mol. The van der Waals surface area contributed by atoms with Crippen molar-refractivity contribution in [3.63, 3.8) is 0 Å². The summed E-state index contributed by atoms with van der Waals surface area (Å²) in [6.45, 7) is -0.347. The van der Waals surface area contributed by atoms with Gasteiger partial charge in [0.25, 0.3) is 5.91 Å². The molecule has 8 N–H and O–H groups in total. The fourth-order valence-electron chi connectivity index (χ4n) is 7.63. The van der Waals surface area contributed by atoms with E-state index in [2.05, 4.69) is 5.32 Å².